The second kappa shape index (κ2) is 10.3. The number of aliphatic carboxylic acids is 1. The Balaban J connectivity index is 4.11. The van der Waals surface area contributed by atoms with Gasteiger partial charge in [0.2, 0.25) is 0 Å². The Hall–Kier alpha value is -0.910. The third kappa shape index (κ3) is 9.99. The van der Waals surface area contributed by atoms with Gasteiger partial charge in [0.25, 0.3) is 0 Å². The van der Waals surface area contributed by atoms with Crippen molar-refractivity contribution < 1.29 is 19.4 Å². The average Bonchev–Trinajstić information content (AvgIpc) is 2.24. The second-order valence-corrected chi connectivity index (χ2v) is 3.94. The number of ether oxygens (including phenoxy) is 2. The Morgan fingerprint density at radius 1 is 1.24 bits per heavy atom. The van der Waals surface area contributed by atoms with Crippen LogP contribution in [0.4, 0.5) is 0 Å². The average molecular weight is 245 g/mol. The Morgan fingerprint density at radius 2 is 1.88 bits per heavy atom. The van der Waals surface area contributed by atoms with Gasteiger partial charge in [-0.3, -0.25) is 4.90 Å². The van der Waals surface area contributed by atoms with Crippen LogP contribution in [0.25, 0.3) is 0 Å². The van der Waals surface area contributed by atoms with Crippen LogP contribution in [-0.2, 0) is 14.3 Å². The Labute approximate surface area is 103 Å². The molecule has 0 aromatic rings. The van der Waals surface area contributed by atoms with Crippen LogP contribution in [0.15, 0.2) is 11.6 Å². The molecule has 0 aliphatic rings. The Kier molecular flexibility index (Phi) is 9.71. The lowest BCUT2D eigenvalue weighted by molar-refractivity contribution is -0.131. The molecule has 0 aromatic carbocycles. The van der Waals surface area contributed by atoms with Crippen molar-refractivity contribution >= 4 is 5.97 Å². The van der Waals surface area contributed by atoms with Crippen LogP contribution in [0.3, 0.4) is 0 Å². The van der Waals surface area contributed by atoms with Gasteiger partial charge in [-0.1, -0.05) is 5.57 Å². The lowest BCUT2D eigenvalue weighted by atomic mass is 10.2. The summed E-state index contributed by atoms with van der Waals surface area (Å²) < 4.78 is 10.0. The monoisotopic (exact) mass is 245 g/mol. The number of carboxylic acids is 1. The lowest BCUT2D eigenvalue weighted by Gasteiger charge is -2.22. The number of methoxy groups -OCH3 is 2. The van der Waals surface area contributed by atoms with Gasteiger partial charge in [0.1, 0.15) is 0 Å². The molecule has 1 N–H and O–H groups in total. The Morgan fingerprint density at radius 3 is 2.41 bits per heavy atom. The fourth-order valence-corrected chi connectivity index (χ4v) is 1.53. The number of rotatable bonds is 10. The third-order valence-electron chi connectivity index (χ3n) is 2.28. The molecule has 0 unspecified atom stereocenters. The summed E-state index contributed by atoms with van der Waals surface area (Å²) in [4.78, 5) is 12.7. The van der Waals surface area contributed by atoms with Gasteiger partial charge in [0, 0.05) is 46.5 Å². The molecule has 100 valence electrons. The van der Waals surface area contributed by atoms with Crippen LogP contribution in [0.1, 0.15) is 13.3 Å². The molecule has 0 rings (SSSR count). The first-order valence-corrected chi connectivity index (χ1v) is 5.70. The fraction of sp³-hybridized carbons (Fsp3) is 0.750. The smallest absolute Gasteiger partial charge is 0.328 e. The number of nitrogens with zero attached hydrogens (tertiary/aromatic N) is 1. The van der Waals surface area contributed by atoms with E-state index in [0.29, 0.717) is 19.8 Å². The summed E-state index contributed by atoms with van der Waals surface area (Å²) in [5.41, 5.74) is 0.839. The maximum absolute atomic E-state index is 10.5. The largest absolute Gasteiger partial charge is 0.478 e. The maximum atomic E-state index is 10.5. The van der Waals surface area contributed by atoms with Gasteiger partial charge in [-0.25, -0.2) is 4.79 Å². The molecule has 0 bridgehead atoms. The first-order chi connectivity index (χ1) is 8.10. The van der Waals surface area contributed by atoms with Crippen LogP contribution >= 0.6 is 0 Å². The second-order valence-electron chi connectivity index (χ2n) is 3.94. The highest BCUT2D eigenvalue weighted by Crippen LogP contribution is 2.00. The van der Waals surface area contributed by atoms with Crippen LogP contribution in [0.2, 0.25) is 0 Å². The summed E-state index contributed by atoms with van der Waals surface area (Å²) in [6, 6.07) is 0. The van der Waals surface area contributed by atoms with Crippen LogP contribution in [0, 0.1) is 0 Å². The van der Waals surface area contributed by atoms with E-state index in [1.807, 2.05) is 6.92 Å². The van der Waals surface area contributed by atoms with E-state index in [1.165, 1.54) is 6.08 Å². The molecular formula is C12H23NO4. The molecule has 0 amide bonds. The first-order valence-electron chi connectivity index (χ1n) is 5.70. The number of carboxylic acid groups (broad SMARTS) is 1. The molecule has 0 spiro atoms. The highest BCUT2D eigenvalue weighted by atomic mass is 16.5. The van der Waals surface area contributed by atoms with Crippen molar-refractivity contribution in [1.82, 2.24) is 4.90 Å². The van der Waals surface area contributed by atoms with E-state index in [4.69, 9.17) is 14.6 Å². The van der Waals surface area contributed by atoms with Gasteiger partial charge in [-0.05, 0) is 13.3 Å². The molecule has 0 aliphatic heterocycles. The lowest BCUT2D eigenvalue weighted by Crippen LogP contribution is -2.31. The van der Waals surface area contributed by atoms with Gasteiger partial charge in [-0.2, -0.15) is 0 Å². The molecule has 0 saturated heterocycles. The van der Waals surface area contributed by atoms with Gasteiger partial charge < -0.3 is 14.6 Å². The number of carbonyl (C=O) groups is 1. The molecule has 0 heterocycles. The summed E-state index contributed by atoms with van der Waals surface area (Å²) in [6.07, 6.45) is 2.18. The molecule has 0 atom stereocenters. The van der Waals surface area contributed by atoms with Crippen molar-refractivity contribution in [3.8, 4) is 0 Å². The molecular weight excluding hydrogens is 222 g/mol. The van der Waals surface area contributed by atoms with Crippen molar-refractivity contribution in [3.63, 3.8) is 0 Å². The third-order valence-corrected chi connectivity index (χ3v) is 2.28. The topological polar surface area (TPSA) is 59.0 Å². The molecule has 0 saturated carbocycles. The molecule has 0 aliphatic carbocycles. The van der Waals surface area contributed by atoms with E-state index < -0.39 is 5.97 Å². The van der Waals surface area contributed by atoms with Crippen LogP contribution in [0.5, 0.6) is 0 Å². The van der Waals surface area contributed by atoms with E-state index in [9.17, 15) is 4.79 Å². The molecule has 0 aromatic heterocycles. The standard InChI is InChI=1S/C12H23NO4/c1-11(9-12(14)15)10-13(6-8-17-3)5-4-7-16-2/h9H,4-8,10H2,1-3H3,(H,14,15). The minimum atomic E-state index is -0.897. The van der Waals surface area contributed by atoms with Crippen molar-refractivity contribution in [2.75, 3.05) is 47.1 Å². The van der Waals surface area contributed by atoms with Crippen molar-refractivity contribution in [3.05, 3.63) is 11.6 Å². The quantitative estimate of drug-likeness (QED) is 0.459. The van der Waals surface area contributed by atoms with Crippen molar-refractivity contribution in [2.24, 2.45) is 0 Å². The highest BCUT2D eigenvalue weighted by molar-refractivity contribution is 5.80. The summed E-state index contributed by atoms with van der Waals surface area (Å²) in [7, 11) is 3.34. The maximum Gasteiger partial charge on any atom is 0.328 e. The zero-order valence-corrected chi connectivity index (χ0v) is 10.9. The first kappa shape index (κ1) is 16.1. The van der Waals surface area contributed by atoms with Crippen LogP contribution < -0.4 is 0 Å². The predicted octanol–water partition coefficient (Wildman–Crippen LogP) is 1.00. The SMILES string of the molecule is COCCCN(CCOC)CC(C)=CC(=O)O. The van der Waals surface area contributed by atoms with E-state index in [0.717, 1.165) is 25.1 Å². The summed E-state index contributed by atoms with van der Waals surface area (Å²) in [6.45, 7) is 5.51. The molecule has 17 heavy (non-hydrogen) atoms. The van der Waals surface area contributed by atoms with E-state index in [-0.39, 0.29) is 0 Å². The van der Waals surface area contributed by atoms with Crippen molar-refractivity contribution in [2.45, 2.75) is 13.3 Å². The zero-order chi connectivity index (χ0) is 13.1. The molecule has 5 nitrogen and oxygen atoms in total. The van der Waals surface area contributed by atoms with E-state index in [1.54, 1.807) is 14.2 Å². The van der Waals surface area contributed by atoms with Crippen molar-refractivity contribution in [1.29, 1.82) is 0 Å². The predicted molar refractivity (Wildman–Crippen MR) is 66.2 cm³/mol. The van der Waals surface area contributed by atoms with E-state index in [2.05, 4.69) is 4.90 Å². The van der Waals surface area contributed by atoms with Gasteiger partial charge in [0.05, 0.1) is 6.61 Å². The normalized spacial score (nSPS) is 12.1. The molecule has 5 heteroatoms. The summed E-state index contributed by atoms with van der Waals surface area (Å²) >= 11 is 0. The molecule has 0 fully saturated rings. The zero-order valence-electron chi connectivity index (χ0n) is 10.9. The van der Waals surface area contributed by atoms with E-state index >= 15 is 0 Å². The number of hydrogen-bond acceptors (Lipinski definition) is 4. The fourth-order valence-electron chi connectivity index (χ4n) is 1.53. The minimum absolute atomic E-state index is 0.646. The number of hydrogen-bond donors (Lipinski definition) is 1. The minimum Gasteiger partial charge on any atom is -0.478 e. The van der Waals surface area contributed by atoms with Gasteiger partial charge >= 0.3 is 5.97 Å². The Bertz CT molecular complexity index is 241. The van der Waals surface area contributed by atoms with Gasteiger partial charge in [-0.15, -0.1) is 0 Å². The summed E-state index contributed by atoms with van der Waals surface area (Å²) in [5.74, 6) is -0.897. The van der Waals surface area contributed by atoms with Gasteiger partial charge in [0.15, 0.2) is 0 Å². The highest BCUT2D eigenvalue weighted by Gasteiger charge is 2.06. The summed E-state index contributed by atoms with van der Waals surface area (Å²) in [5, 5.41) is 8.65. The molecule has 0 radical (unpaired) electrons. The van der Waals surface area contributed by atoms with Crippen LogP contribution in [-0.4, -0.2) is 63.0 Å².